The van der Waals surface area contributed by atoms with Gasteiger partial charge >= 0.3 is 5.69 Å². The third kappa shape index (κ3) is 2.50. The van der Waals surface area contributed by atoms with E-state index in [9.17, 15) is 14.0 Å². The summed E-state index contributed by atoms with van der Waals surface area (Å²) in [5.74, 6) is -0.720. The first-order valence-electron chi connectivity index (χ1n) is 9.16. The lowest BCUT2D eigenvalue weighted by Gasteiger charge is -2.11. The standard InChI is InChI=1S/C21H16ClFN4O2S/c1-10-8-27-16(11-5-4-6-12(23)7-11)15-17(25(2)21(29)26(3)20(15)28)18(27)14(10)19-24-13(22)9-30-19/h4-7,9,14H,1,8H2,2-3H3. The minimum Gasteiger partial charge on any atom is -0.337 e. The lowest BCUT2D eigenvalue weighted by atomic mass is 9.99. The van der Waals surface area contributed by atoms with Crippen molar-refractivity contribution in [2.24, 2.45) is 14.1 Å². The van der Waals surface area contributed by atoms with Gasteiger partial charge in [-0.15, -0.1) is 11.3 Å². The summed E-state index contributed by atoms with van der Waals surface area (Å²) in [5.41, 5.74) is 2.41. The number of nitrogens with zero attached hydrogens (tertiary/aromatic N) is 4. The summed E-state index contributed by atoms with van der Waals surface area (Å²) < 4.78 is 18.6. The molecule has 1 unspecified atom stereocenters. The lowest BCUT2D eigenvalue weighted by Crippen LogP contribution is -2.37. The maximum Gasteiger partial charge on any atom is 0.331 e. The van der Waals surface area contributed by atoms with Gasteiger partial charge in [-0.3, -0.25) is 13.9 Å². The number of hydrogen-bond donors (Lipinski definition) is 0. The normalized spacial score (nSPS) is 15.9. The van der Waals surface area contributed by atoms with Gasteiger partial charge in [0.2, 0.25) is 0 Å². The molecule has 4 heterocycles. The van der Waals surface area contributed by atoms with Crippen LogP contribution in [-0.2, 0) is 20.6 Å². The Labute approximate surface area is 179 Å². The van der Waals surface area contributed by atoms with Crippen LogP contribution < -0.4 is 11.2 Å². The van der Waals surface area contributed by atoms with E-state index < -0.39 is 17.1 Å². The van der Waals surface area contributed by atoms with Crippen molar-refractivity contribution in [3.05, 3.63) is 84.3 Å². The van der Waals surface area contributed by atoms with Crippen LogP contribution in [0.1, 0.15) is 16.6 Å². The minimum atomic E-state index is -0.430. The molecule has 0 bridgehead atoms. The van der Waals surface area contributed by atoms with E-state index in [1.165, 1.54) is 35.1 Å². The average Bonchev–Trinajstić information content (AvgIpc) is 3.36. The predicted molar refractivity (Wildman–Crippen MR) is 116 cm³/mol. The molecule has 152 valence electrons. The number of rotatable bonds is 2. The summed E-state index contributed by atoms with van der Waals surface area (Å²) in [7, 11) is 3.08. The van der Waals surface area contributed by atoms with Crippen molar-refractivity contribution in [1.82, 2.24) is 18.7 Å². The maximum atomic E-state index is 14.1. The van der Waals surface area contributed by atoms with Crippen LogP contribution in [0, 0.1) is 5.82 Å². The molecule has 0 amide bonds. The molecule has 3 aromatic heterocycles. The second-order valence-corrected chi connectivity index (χ2v) is 8.64. The smallest absolute Gasteiger partial charge is 0.331 e. The van der Waals surface area contributed by atoms with Gasteiger partial charge in [0.05, 0.1) is 28.2 Å². The van der Waals surface area contributed by atoms with E-state index in [2.05, 4.69) is 11.6 Å². The van der Waals surface area contributed by atoms with Crippen LogP contribution in [0.25, 0.3) is 22.2 Å². The van der Waals surface area contributed by atoms with Gasteiger partial charge in [-0.1, -0.05) is 30.3 Å². The van der Waals surface area contributed by atoms with Crippen molar-refractivity contribution < 1.29 is 4.39 Å². The lowest BCUT2D eigenvalue weighted by molar-refractivity contribution is 0.628. The zero-order valence-electron chi connectivity index (χ0n) is 16.1. The molecule has 0 fully saturated rings. The molecule has 1 atom stereocenters. The molecule has 0 aliphatic carbocycles. The van der Waals surface area contributed by atoms with Crippen molar-refractivity contribution in [1.29, 1.82) is 0 Å². The van der Waals surface area contributed by atoms with Crippen LogP contribution in [0.15, 0.2) is 51.4 Å². The van der Waals surface area contributed by atoms with Crippen molar-refractivity contribution in [3.8, 4) is 11.3 Å². The van der Waals surface area contributed by atoms with E-state index in [-0.39, 0.29) is 5.92 Å². The summed E-state index contributed by atoms with van der Waals surface area (Å²) in [6, 6.07) is 6.10. The fourth-order valence-electron chi connectivity index (χ4n) is 4.31. The fourth-order valence-corrected chi connectivity index (χ4v) is 5.42. The van der Waals surface area contributed by atoms with Gasteiger partial charge in [-0.2, -0.15) is 0 Å². The highest BCUT2D eigenvalue weighted by molar-refractivity contribution is 7.10. The van der Waals surface area contributed by atoms with E-state index in [4.69, 9.17) is 11.6 Å². The van der Waals surface area contributed by atoms with Crippen molar-refractivity contribution in [2.75, 3.05) is 0 Å². The number of aromatic nitrogens is 4. The fraction of sp³-hybridized carbons (Fsp3) is 0.190. The van der Waals surface area contributed by atoms with Gasteiger partial charge in [0, 0.05) is 31.6 Å². The number of allylic oxidation sites excluding steroid dienone is 1. The Morgan fingerprint density at radius 2 is 2.03 bits per heavy atom. The minimum absolute atomic E-state index is 0.315. The molecule has 5 rings (SSSR count). The Hall–Kier alpha value is -2.97. The van der Waals surface area contributed by atoms with Gasteiger partial charge in [0.1, 0.15) is 16.0 Å². The average molecular weight is 443 g/mol. The molecule has 0 N–H and O–H groups in total. The first-order valence-corrected chi connectivity index (χ1v) is 10.4. The summed E-state index contributed by atoms with van der Waals surface area (Å²) >= 11 is 7.47. The first kappa shape index (κ1) is 19.0. The number of aryl methyl sites for hydroxylation is 1. The predicted octanol–water partition coefficient (Wildman–Crippen LogP) is 3.66. The molecule has 1 aliphatic heterocycles. The van der Waals surface area contributed by atoms with E-state index in [1.54, 1.807) is 24.6 Å². The Morgan fingerprint density at radius 1 is 1.27 bits per heavy atom. The van der Waals surface area contributed by atoms with Gasteiger partial charge in [0.25, 0.3) is 5.56 Å². The molecular formula is C21H16ClFN4O2S. The number of thiazole rings is 1. The second kappa shape index (κ2) is 6.52. The largest absolute Gasteiger partial charge is 0.337 e. The molecule has 0 radical (unpaired) electrons. The number of fused-ring (bicyclic) bond motifs is 3. The summed E-state index contributed by atoms with van der Waals surface area (Å²) in [6.07, 6.45) is 0. The summed E-state index contributed by atoms with van der Waals surface area (Å²) in [4.78, 5) is 30.3. The Kier molecular flexibility index (Phi) is 4.13. The molecule has 0 saturated heterocycles. The van der Waals surface area contributed by atoms with E-state index in [0.29, 0.717) is 33.9 Å². The Morgan fingerprint density at radius 3 is 2.70 bits per heavy atom. The molecule has 0 saturated carbocycles. The number of halogens is 2. The molecular weight excluding hydrogens is 427 g/mol. The van der Waals surface area contributed by atoms with E-state index >= 15 is 0 Å². The van der Waals surface area contributed by atoms with E-state index in [1.807, 2.05) is 4.57 Å². The maximum absolute atomic E-state index is 14.1. The summed E-state index contributed by atoms with van der Waals surface area (Å²) in [6.45, 7) is 4.64. The highest BCUT2D eigenvalue weighted by Crippen LogP contribution is 2.46. The molecule has 1 aliphatic rings. The number of benzene rings is 1. The van der Waals surface area contributed by atoms with E-state index in [0.717, 1.165) is 20.8 Å². The van der Waals surface area contributed by atoms with Crippen molar-refractivity contribution >= 4 is 33.8 Å². The highest BCUT2D eigenvalue weighted by atomic mass is 35.5. The molecule has 30 heavy (non-hydrogen) atoms. The summed E-state index contributed by atoms with van der Waals surface area (Å²) in [5, 5.41) is 3.23. The van der Waals surface area contributed by atoms with Gasteiger partial charge in [-0.05, 0) is 17.7 Å². The van der Waals surface area contributed by atoms with Crippen LogP contribution in [0.3, 0.4) is 0 Å². The monoisotopic (exact) mass is 442 g/mol. The van der Waals surface area contributed by atoms with Crippen LogP contribution in [0.5, 0.6) is 0 Å². The highest BCUT2D eigenvalue weighted by Gasteiger charge is 2.37. The molecule has 9 heteroatoms. The second-order valence-electron chi connectivity index (χ2n) is 7.36. The number of hydrogen-bond acceptors (Lipinski definition) is 4. The van der Waals surface area contributed by atoms with Gasteiger partial charge in [-0.25, -0.2) is 14.2 Å². The molecule has 0 spiro atoms. The van der Waals surface area contributed by atoms with Gasteiger partial charge < -0.3 is 4.57 Å². The first-order chi connectivity index (χ1) is 14.3. The van der Waals surface area contributed by atoms with Crippen molar-refractivity contribution in [3.63, 3.8) is 0 Å². The van der Waals surface area contributed by atoms with Crippen LogP contribution >= 0.6 is 22.9 Å². The molecule has 1 aromatic carbocycles. The third-order valence-electron chi connectivity index (χ3n) is 5.59. The van der Waals surface area contributed by atoms with Crippen LogP contribution in [0.2, 0.25) is 5.15 Å². The zero-order chi connectivity index (χ0) is 21.3. The topological polar surface area (TPSA) is 61.8 Å². The quantitative estimate of drug-likeness (QED) is 0.445. The van der Waals surface area contributed by atoms with Crippen LogP contribution in [0.4, 0.5) is 4.39 Å². The molecule has 4 aromatic rings. The zero-order valence-corrected chi connectivity index (χ0v) is 17.7. The van der Waals surface area contributed by atoms with Crippen LogP contribution in [-0.4, -0.2) is 18.7 Å². The Balaban J connectivity index is 1.98. The van der Waals surface area contributed by atoms with Crippen molar-refractivity contribution in [2.45, 2.75) is 12.5 Å². The van der Waals surface area contributed by atoms with Gasteiger partial charge in [0.15, 0.2) is 0 Å². The molecule has 6 nitrogen and oxygen atoms in total. The third-order valence-corrected chi connectivity index (χ3v) is 6.82. The SMILES string of the molecule is C=C1Cn2c(-c3cccc(F)c3)c3c(=O)n(C)c(=O)n(C)c3c2C1c1nc(Cl)cs1. The Bertz CT molecular complexity index is 1490.